The lowest BCUT2D eigenvalue weighted by Gasteiger charge is -2.27. The molecule has 5 rings (SSSR count). The number of nitrogens with zero attached hydrogens (tertiary/aromatic N) is 5. The lowest BCUT2D eigenvalue weighted by molar-refractivity contribution is 0.116. The molecule has 1 aliphatic carbocycles. The van der Waals surface area contributed by atoms with Gasteiger partial charge in [0.15, 0.2) is 11.0 Å². The Morgan fingerprint density at radius 3 is 2.87 bits per heavy atom. The second kappa shape index (κ2) is 8.00. The normalized spacial score (nSPS) is 19.1. The first-order valence-corrected chi connectivity index (χ1v) is 10.8. The second-order valence-electron chi connectivity index (χ2n) is 7.41. The first-order chi connectivity index (χ1) is 14.7. The van der Waals surface area contributed by atoms with Crippen molar-refractivity contribution in [1.82, 2.24) is 24.7 Å². The van der Waals surface area contributed by atoms with Gasteiger partial charge < -0.3 is 15.2 Å². The molecule has 1 fully saturated rings. The summed E-state index contributed by atoms with van der Waals surface area (Å²) in [6.45, 7) is 0. The van der Waals surface area contributed by atoms with E-state index >= 15 is 0 Å². The molecule has 1 saturated carbocycles. The van der Waals surface area contributed by atoms with Crippen LogP contribution in [0, 0.1) is 0 Å². The molecule has 2 N–H and O–H groups in total. The Morgan fingerprint density at radius 2 is 2.03 bits per heavy atom. The van der Waals surface area contributed by atoms with E-state index < -0.39 is 0 Å². The summed E-state index contributed by atoms with van der Waals surface area (Å²) in [4.78, 5) is 13.5. The minimum absolute atomic E-state index is 0.0708. The van der Waals surface area contributed by atoms with Crippen LogP contribution in [0.2, 0.25) is 0 Å². The van der Waals surface area contributed by atoms with Crippen molar-refractivity contribution in [1.29, 1.82) is 0 Å². The van der Waals surface area contributed by atoms with Gasteiger partial charge in [-0.2, -0.15) is 10.1 Å². The fourth-order valence-electron chi connectivity index (χ4n) is 3.70. The van der Waals surface area contributed by atoms with Gasteiger partial charge >= 0.3 is 0 Å². The number of anilines is 1. The highest BCUT2D eigenvalue weighted by molar-refractivity contribution is 7.22. The van der Waals surface area contributed by atoms with Crippen molar-refractivity contribution < 1.29 is 9.84 Å². The molecule has 0 amide bonds. The van der Waals surface area contributed by atoms with Crippen molar-refractivity contribution in [2.45, 2.75) is 37.8 Å². The van der Waals surface area contributed by atoms with Crippen molar-refractivity contribution >= 4 is 26.7 Å². The minimum atomic E-state index is -0.309. The van der Waals surface area contributed by atoms with Gasteiger partial charge in [-0.05, 0) is 31.0 Å². The van der Waals surface area contributed by atoms with Crippen molar-refractivity contribution in [2.24, 2.45) is 7.05 Å². The highest BCUT2D eigenvalue weighted by atomic mass is 32.1. The maximum atomic E-state index is 10.2. The van der Waals surface area contributed by atoms with E-state index in [-0.39, 0.29) is 12.1 Å². The fourth-order valence-corrected chi connectivity index (χ4v) is 4.66. The van der Waals surface area contributed by atoms with E-state index in [1.165, 1.54) is 0 Å². The van der Waals surface area contributed by atoms with Crippen LogP contribution in [0.3, 0.4) is 0 Å². The molecule has 1 aliphatic rings. The number of hydrogen-bond donors (Lipinski definition) is 2. The van der Waals surface area contributed by atoms with E-state index in [1.54, 1.807) is 34.5 Å². The molecular weight excluding hydrogens is 400 g/mol. The molecule has 2 atom stereocenters. The van der Waals surface area contributed by atoms with E-state index in [9.17, 15) is 5.11 Å². The van der Waals surface area contributed by atoms with Crippen LogP contribution in [0.5, 0.6) is 11.6 Å². The number of aromatic nitrogens is 5. The van der Waals surface area contributed by atoms with Crippen LogP contribution in [0.15, 0.2) is 42.7 Å². The quantitative estimate of drug-likeness (QED) is 0.502. The Hall–Kier alpha value is -3.04. The molecule has 4 aromatic rings. The molecule has 30 heavy (non-hydrogen) atoms. The molecule has 8 nitrogen and oxygen atoms in total. The number of benzene rings is 1. The smallest absolute Gasteiger partial charge is 0.222 e. The number of thiazole rings is 1. The van der Waals surface area contributed by atoms with Gasteiger partial charge in [0.2, 0.25) is 5.88 Å². The molecule has 154 valence electrons. The molecule has 0 spiro atoms. The van der Waals surface area contributed by atoms with Gasteiger partial charge in [0.25, 0.3) is 0 Å². The van der Waals surface area contributed by atoms with Gasteiger partial charge in [-0.3, -0.25) is 4.68 Å². The number of aryl methyl sites for hydroxylation is 1. The molecule has 0 saturated heterocycles. The van der Waals surface area contributed by atoms with Crippen molar-refractivity contribution in [2.75, 3.05) is 5.32 Å². The molecule has 0 aliphatic heterocycles. The highest BCUT2D eigenvalue weighted by Gasteiger charge is 2.23. The first-order valence-electron chi connectivity index (χ1n) is 10.0. The molecule has 0 radical (unpaired) electrons. The third-order valence-corrected chi connectivity index (χ3v) is 6.25. The zero-order valence-electron chi connectivity index (χ0n) is 16.5. The van der Waals surface area contributed by atoms with Crippen LogP contribution in [0.25, 0.3) is 21.7 Å². The summed E-state index contributed by atoms with van der Waals surface area (Å²) >= 11 is 1.56. The van der Waals surface area contributed by atoms with Gasteiger partial charge in [-0.1, -0.05) is 24.2 Å². The summed E-state index contributed by atoms with van der Waals surface area (Å²) in [5, 5.41) is 18.6. The average Bonchev–Trinajstić information content (AvgIpc) is 3.35. The Labute approximate surface area is 177 Å². The van der Waals surface area contributed by atoms with Crippen molar-refractivity contribution in [3.05, 3.63) is 42.7 Å². The van der Waals surface area contributed by atoms with Crippen LogP contribution in [-0.2, 0) is 7.05 Å². The molecule has 9 heteroatoms. The van der Waals surface area contributed by atoms with Crippen LogP contribution >= 0.6 is 11.3 Å². The Balaban J connectivity index is 1.35. The number of ether oxygens (including phenoxy) is 1. The first kappa shape index (κ1) is 19.0. The Bertz CT molecular complexity index is 1170. The largest absolute Gasteiger partial charge is 0.439 e. The zero-order chi connectivity index (χ0) is 20.5. The van der Waals surface area contributed by atoms with Crippen molar-refractivity contribution in [3.8, 4) is 23.1 Å². The predicted octanol–water partition coefficient (Wildman–Crippen LogP) is 3.99. The van der Waals surface area contributed by atoms with Crippen LogP contribution < -0.4 is 10.1 Å². The Kier molecular flexibility index (Phi) is 5.06. The SMILES string of the molecule is Cn1nccc1-c1nccc(Oc2ccc3nc(N[C@@H]4CCCC[C@H]4O)sc3c2)n1. The lowest BCUT2D eigenvalue weighted by Crippen LogP contribution is -2.36. The minimum Gasteiger partial charge on any atom is -0.439 e. The van der Waals surface area contributed by atoms with Crippen LogP contribution in [0.4, 0.5) is 5.13 Å². The fraction of sp³-hybridized carbons (Fsp3) is 0.333. The summed E-state index contributed by atoms with van der Waals surface area (Å²) in [5.41, 5.74) is 1.72. The van der Waals surface area contributed by atoms with Crippen LogP contribution in [0.1, 0.15) is 25.7 Å². The molecular formula is C21H22N6O2S. The molecule has 3 aromatic heterocycles. The number of hydrogen-bond acceptors (Lipinski definition) is 8. The van der Waals surface area contributed by atoms with Crippen molar-refractivity contribution in [3.63, 3.8) is 0 Å². The molecule has 0 unspecified atom stereocenters. The van der Waals surface area contributed by atoms with Gasteiger partial charge in [-0.25, -0.2) is 9.97 Å². The maximum Gasteiger partial charge on any atom is 0.222 e. The third kappa shape index (κ3) is 3.86. The van der Waals surface area contributed by atoms with E-state index in [1.807, 2.05) is 31.3 Å². The zero-order valence-corrected chi connectivity index (χ0v) is 17.3. The summed E-state index contributed by atoms with van der Waals surface area (Å²) in [5.74, 6) is 1.71. The predicted molar refractivity (Wildman–Crippen MR) is 116 cm³/mol. The average molecular weight is 423 g/mol. The summed E-state index contributed by atoms with van der Waals surface area (Å²) < 4.78 is 8.72. The van der Waals surface area contributed by atoms with Gasteiger partial charge in [0, 0.05) is 31.6 Å². The van der Waals surface area contributed by atoms with E-state index in [0.29, 0.717) is 17.5 Å². The molecule has 0 bridgehead atoms. The molecule has 3 heterocycles. The summed E-state index contributed by atoms with van der Waals surface area (Å²) in [6.07, 6.45) is 7.12. The number of fused-ring (bicyclic) bond motifs is 1. The number of aliphatic hydroxyl groups excluding tert-OH is 1. The highest BCUT2D eigenvalue weighted by Crippen LogP contribution is 2.32. The molecule has 1 aromatic carbocycles. The van der Waals surface area contributed by atoms with E-state index in [2.05, 4.69) is 25.4 Å². The monoisotopic (exact) mass is 422 g/mol. The van der Waals surface area contributed by atoms with Gasteiger partial charge in [-0.15, -0.1) is 0 Å². The number of rotatable bonds is 5. The standard InChI is InChI=1S/C21H22N6O2S/c1-27-16(8-11-23-27)20-22-10-9-19(26-20)29-13-6-7-15-18(12-13)30-21(25-15)24-14-4-2-3-5-17(14)28/h6-12,14,17,28H,2-5H2,1H3,(H,24,25)/t14-,17-/m1/s1. The Morgan fingerprint density at radius 1 is 1.13 bits per heavy atom. The lowest BCUT2D eigenvalue weighted by atomic mass is 9.93. The summed E-state index contributed by atoms with van der Waals surface area (Å²) in [7, 11) is 1.85. The second-order valence-corrected chi connectivity index (χ2v) is 8.44. The van der Waals surface area contributed by atoms with E-state index in [0.717, 1.165) is 46.7 Å². The summed E-state index contributed by atoms with van der Waals surface area (Å²) in [6, 6.07) is 9.44. The van der Waals surface area contributed by atoms with Crippen LogP contribution in [-0.4, -0.2) is 42.0 Å². The topological polar surface area (TPSA) is 98.0 Å². The van der Waals surface area contributed by atoms with Gasteiger partial charge in [0.05, 0.1) is 22.4 Å². The third-order valence-electron chi connectivity index (χ3n) is 5.30. The maximum absolute atomic E-state index is 10.2. The van der Waals surface area contributed by atoms with E-state index in [4.69, 9.17) is 4.74 Å². The number of nitrogens with one attached hydrogen (secondary N) is 1. The van der Waals surface area contributed by atoms with Gasteiger partial charge in [0.1, 0.15) is 11.4 Å². The number of aliphatic hydroxyl groups is 1.